The van der Waals surface area contributed by atoms with Crippen molar-refractivity contribution in [1.82, 2.24) is 9.88 Å². The van der Waals surface area contributed by atoms with E-state index in [2.05, 4.69) is 36.0 Å². The van der Waals surface area contributed by atoms with Crippen LogP contribution in [0.5, 0.6) is 0 Å². The largest absolute Gasteiger partial charge is 0.345 e. The molecule has 0 unspecified atom stereocenters. The van der Waals surface area contributed by atoms with Crippen molar-refractivity contribution in [2.75, 3.05) is 31.1 Å². The second-order valence-electron chi connectivity index (χ2n) is 6.38. The van der Waals surface area contributed by atoms with Crippen LogP contribution in [0.15, 0.2) is 5.38 Å². The molecule has 106 valence electrons. The first-order valence-electron chi connectivity index (χ1n) is 6.80. The first-order valence-corrected chi connectivity index (χ1v) is 7.68. The summed E-state index contributed by atoms with van der Waals surface area (Å²) in [6.45, 7) is 11.8. The van der Waals surface area contributed by atoms with Crippen molar-refractivity contribution in [1.29, 1.82) is 0 Å². The van der Waals surface area contributed by atoms with Crippen LogP contribution in [-0.4, -0.2) is 42.0 Å². The Morgan fingerprint density at radius 2 is 1.95 bits per heavy atom. The summed E-state index contributed by atoms with van der Waals surface area (Å²) >= 11 is 1.69. The maximum atomic E-state index is 12.2. The molecule has 0 bridgehead atoms. The van der Waals surface area contributed by atoms with E-state index >= 15 is 0 Å². The van der Waals surface area contributed by atoms with E-state index in [0.29, 0.717) is 6.42 Å². The summed E-state index contributed by atoms with van der Waals surface area (Å²) in [6, 6.07) is 0. The summed E-state index contributed by atoms with van der Waals surface area (Å²) < 4.78 is 0. The van der Waals surface area contributed by atoms with Gasteiger partial charge < -0.3 is 9.80 Å². The minimum Gasteiger partial charge on any atom is -0.345 e. The summed E-state index contributed by atoms with van der Waals surface area (Å²) in [5, 5.41) is 3.16. The van der Waals surface area contributed by atoms with E-state index in [4.69, 9.17) is 0 Å². The maximum Gasteiger partial charge on any atom is 0.223 e. The predicted octanol–water partition coefficient (Wildman–Crippen LogP) is 2.54. The molecule has 4 nitrogen and oxygen atoms in total. The van der Waals surface area contributed by atoms with Crippen LogP contribution >= 0.6 is 11.3 Å². The Morgan fingerprint density at radius 3 is 2.42 bits per heavy atom. The second kappa shape index (κ2) is 5.49. The van der Waals surface area contributed by atoms with Gasteiger partial charge in [-0.1, -0.05) is 20.8 Å². The van der Waals surface area contributed by atoms with E-state index in [9.17, 15) is 4.79 Å². The Bertz CT molecular complexity index is 442. The van der Waals surface area contributed by atoms with Gasteiger partial charge in [-0.05, 0) is 12.3 Å². The Morgan fingerprint density at radius 1 is 1.32 bits per heavy atom. The number of amides is 1. The molecule has 0 spiro atoms. The molecule has 1 aliphatic rings. The summed E-state index contributed by atoms with van der Waals surface area (Å²) in [7, 11) is 0. The number of rotatable bonds is 2. The summed E-state index contributed by atoms with van der Waals surface area (Å²) in [4.78, 5) is 20.9. The van der Waals surface area contributed by atoms with Gasteiger partial charge in [0, 0.05) is 38.0 Å². The van der Waals surface area contributed by atoms with E-state index in [-0.39, 0.29) is 11.3 Å². The molecule has 0 aliphatic carbocycles. The van der Waals surface area contributed by atoms with Crippen LogP contribution < -0.4 is 4.90 Å². The van der Waals surface area contributed by atoms with Gasteiger partial charge in [-0.2, -0.15) is 0 Å². The fourth-order valence-corrected chi connectivity index (χ4v) is 3.06. The van der Waals surface area contributed by atoms with Gasteiger partial charge in [0.15, 0.2) is 5.13 Å². The molecule has 5 heteroatoms. The number of carbonyl (C=O) groups excluding carboxylic acids is 1. The van der Waals surface area contributed by atoms with Crippen molar-refractivity contribution in [3.63, 3.8) is 0 Å². The van der Waals surface area contributed by atoms with Crippen molar-refractivity contribution in [3.05, 3.63) is 11.1 Å². The van der Waals surface area contributed by atoms with E-state index in [0.717, 1.165) is 37.0 Å². The fraction of sp³-hybridized carbons (Fsp3) is 0.714. The highest BCUT2D eigenvalue weighted by Gasteiger charge is 2.25. The lowest BCUT2D eigenvalue weighted by molar-refractivity contribution is -0.133. The summed E-state index contributed by atoms with van der Waals surface area (Å²) in [5.74, 6) is 0.280. The zero-order chi connectivity index (χ0) is 14.0. The van der Waals surface area contributed by atoms with Crippen molar-refractivity contribution in [3.8, 4) is 0 Å². The third-order valence-electron chi connectivity index (χ3n) is 3.19. The van der Waals surface area contributed by atoms with Crippen molar-refractivity contribution in [2.45, 2.75) is 34.1 Å². The lowest BCUT2D eigenvalue weighted by Gasteiger charge is -2.35. The van der Waals surface area contributed by atoms with Crippen LogP contribution in [0, 0.1) is 12.3 Å². The molecule has 0 N–H and O–H groups in total. The van der Waals surface area contributed by atoms with E-state index in [1.165, 1.54) is 0 Å². The highest BCUT2D eigenvalue weighted by molar-refractivity contribution is 7.13. The number of thiazole rings is 1. The van der Waals surface area contributed by atoms with E-state index in [1.807, 2.05) is 11.8 Å². The molecule has 2 rings (SSSR count). The number of aromatic nitrogens is 1. The molecule has 2 heterocycles. The first-order chi connectivity index (χ1) is 8.85. The van der Waals surface area contributed by atoms with Crippen LogP contribution in [0.2, 0.25) is 0 Å². The zero-order valence-corrected chi connectivity index (χ0v) is 13.1. The highest BCUT2D eigenvalue weighted by Crippen LogP contribution is 2.23. The number of hydrogen-bond acceptors (Lipinski definition) is 4. The maximum absolute atomic E-state index is 12.2. The van der Waals surface area contributed by atoms with Crippen molar-refractivity contribution in [2.24, 2.45) is 5.41 Å². The van der Waals surface area contributed by atoms with Crippen LogP contribution in [-0.2, 0) is 4.79 Å². The number of carbonyl (C=O) groups is 1. The Hall–Kier alpha value is -1.10. The molecule has 1 saturated heterocycles. The molecule has 0 aromatic carbocycles. The molecule has 1 amide bonds. The van der Waals surface area contributed by atoms with E-state index in [1.54, 1.807) is 11.3 Å². The SMILES string of the molecule is Cc1csc(N2CCN(C(=O)CC(C)(C)C)CC2)n1. The second-order valence-corrected chi connectivity index (χ2v) is 7.21. The summed E-state index contributed by atoms with van der Waals surface area (Å²) in [6.07, 6.45) is 0.628. The molecule has 1 aromatic heterocycles. The van der Waals surface area contributed by atoms with Crippen LogP contribution in [0.4, 0.5) is 5.13 Å². The zero-order valence-electron chi connectivity index (χ0n) is 12.3. The fourth-order valence-electron chi connectivity index (χ4n) is 2.20. The van der Waals surface area contributed by atoms with Gasteiger partial charge in [0.2, 0.25) is 5.91 Å². The van der Waals surface area contributed by atoms with Crippen LogP contribution in [0.25, 0.3) is 0 Å². The van der Waals surface area contributed by atoms with E-state index < -0.39 is 0 Å². The molecule has 0 radical (unpaired) electrons. The number of hydrogen-bond donors (Lipinski definition) is 0. The van der Waals surface area contributed by atoms with Gasteiger partial charge in [0.05, 0.1) is 5.69 Å². The molecule has 0 saturated carbocycles. The predicted molar refractivity (Wildman–Crippen MR) is 79.7 cm³/mol. The molecule has 19 heavy (non-hydrogen) atoms. The number of anilines is 1. The topological polar surface area (TPSA) is 36.4 Å². The Labute approximate surface area is 119 Å². The quantitative estimate of drug-likeness (QED) is 0.836. The van der Waals surface area contributed by atoms with Crippen LogP contribution in [0.3, 0.4) is 0 Å². The molecular formula is C14H23N3OS. The standard InChI is InChI=1S/C14H23N3OS/c1-11-10-19-13(15-11)17-7-5-16(6-8-17)12(18)9-14(2,3)4/h10H,5-9H2,1-4H3. The lowest BCUT2D eigenvalue weighted by atomic mass is 9.91. The third kappa shape index (κ3) is 3.93. The van der Waals surface area contributed by atoms with Gasteiger partial charge in [-0.15, -0.1) is 11.3 Å². The number of aryl methyl sites for hydroxylation is 1. The van der Waals surface area contributed by atoms with Crippen LogP contribution in [0.1, 0.15) is 32.9 Å². The molecule has 1 aromatic rings. The van der Waals surface area contributed by atoms with Gasteiger partial charge >= 0.3 is 0 Å². The molecule has 1 aliphatic heterocycles. The summed E-state index contributed by atoms with van der Waals surface area (Å²) in [5.41, 5.74) is 1.15. The molecular weight excluding hydrogens is 258 g/mol. The minimum atomic E-state index is 0.0701. The van der Waals surface area contributed by atoms with Gasteiger partial charge in [0.25, 0.3) is 0 Å². The third-order valence-corrected chi connectivity index (χ3v) is 4.21. The first kappa shape index (κ1) is 14.3. The Balaban J connectivity index is 1.87. The monoisotopic (exact) mass is 281 g/mol. The number of nitrogens with zero attached hydrogens (tertiary/aromatic N) is 3. The van der Waals surface area contributed by atoms with Crippen molar-refractivity contribution < 1.29 is 4.79 Å². The highest BCUT2D eigenvalue weighted by atomic mass is 32.1. The normalized spacial score (nSPS) is 16.8. The molecule has 1 fully saturated rings. The average molecular weight is 281 g/mol. The lowest BCUT2D eigenvalue weighted by Crippen LogP contribution is -2.49. The van der Waals surface area contributed by atoms with Gasteiger partial charge in [-0.3, -0.25) is 4.79 Å². The van der Waals surface area contributed by atoms with Gasteiger partial charge in [0.1, 0.15) is 0 Å². The average Bonchev–Trinajstić information content (AvgIpc) is 2.74. The molecule has 0 atom stereocenters. The Kier molecular flexibility index (Phi) is 4.13. The van der Waals surface area contributed by atoms with Gasteiger partial charge in [-0.25, -0.2) is 4.98 Å². The van der Waals surface area contributed by atoms with Crippen molar-refractivity contribution >= 4 is 22.4 Å². The minimum absolute atomic E-state index is 0.0701. The number of piperazine rings is 1. The smallest absolute Gasteiger partial charge is 0.223 e.